The van der Waals surface area contributed by atoms with Gasteiger partial charge in [0, 0.05) is 23.4 Å². The highest BCUT2D eigenvalue weighted by molar-refractivity contribution is 5.87. The molecule has 1 fully saturated rings. The van der Waals surface area contributed by atoms with Crippen molar-refractivity contribution in [1.29, 1.82) is 0 Å². The molecule has 6 nitrogen and oxygen atoms in total. The number of methoxy groups -OCH3 is 1. The lowest BCUT2D eigenvalue weighted by molar-refractivity contribution is -0.282. The zero-order valence-electron chi connectivity index (χ0n) is 14.8. The molecule has 134 valence electrons. The highest BCUT2D eigenvalue weighted by Gasteiger charge is 2.29. The third-order valence-corrected chi connectivity index (χ3v) is 4.61. The smallest absolute Gasteiger partial charge is 0.133 e. The van der Waals surface area contributed by atoms with Gasteiger partial charge in [0.05, 0.1) is 31.5 Å². The number of Topliss-reactive ketones (excluding diaryl/α,β-unsaturated/α-hetero) is 1. The third kappa shape index (κ3) is 4.08. The van der Waals surface area contributed by atoms with E-state index >= 15 is 0 Å². The zero-order valence-corrected chi connectivity index (χ0v) is 14.8. The number of rotatable bonds is 7. The highest BCUT2D eigenvalue weighted by Crippen LogP contribution is 2.35. The number of aromatic nitrogens is 1. The molecular weight excluding hydrogens is 322 g/mol. The van der Waals surface area contributed by atoms with E-state index in [0.717, 1.165) is 41.6 Å². The molecule has 0 aliphatic heterocycles. The van der Waals surface area contributed by atoms with Gasteiger partial charge in [-0.25, -0.2) is 14.8 Å². The molecule has 0 saturated heterocycles. The number of carbonyl (C=O) groups is 1. The maximum atomic E-state index is 11.6. The van der Waals surface area contributed by atoms with Crippen LogP contribution in [0.3, 0.4) is 0 Å². The number of carbonyl (C=O) groups excluding carboxylic acids is 1. The fraction of sp³-hybridized carbons (Fsp3) is 0.474. The Labute approximate surface area is 147 Å². The van der Waals surface area contributed by atoms with Gasteiger partial charge in [-0.1, -0.05) is 0 Å². The number of hydrogen-bond donors (Lipinski definition) is 0. The number of benzene rings is 1. The van der Waals surface area contributed by atoms with E-state index in [1.807, 2.05) is 24.3 Å². The van der Waals surface area contributed by atoms with Crippen LogP contribution in [0.4, 0.5) is 0 Å². The molecule has 3 rings (SSSR count). The van der Waals surface area contributed by atoms with Crippen molar-refractivity contribution in [3.63, 3.8) is 0 Å². The average molecular weight is 345 g/mol. The molecule has 1 unspecified atom stereocenters. The zero-order chi connectivity index (χ0) is 17.8. The summed E-state index contributed by atoms with van der Waals surface area (Å²) in [6.07, 6.45) is 2.58. The molecule has 6 heteroatoms. The fourth-order valence-corrected chi connectivity index (χ4v) is 3.23. The quantitative estimate of drug-likeness (QED) is 0.565. The Bertz CT molecular complexity index is 761. The molecule has 0 spiro atoms. The predicted molar refractivity (Wildman–Crippen MR) is 92.5 cm³/mol. The van der Waals surface area contributed by atoms with Gasteiger partial charge in [0.2, 0.25) is 0 Å². The summed E-state index contributed by atoms with van der Waals surface area (Å²) < 4.78 is 11.6. The second kappa shape index (κ2) is 7.80. The molecule has 0 bridgehead atoms. The van der Waals surface area contributed by atoms with Crippen LogP contribution in [-0.2, 0) is 21.2 Å². The van der Waals surface area contributed by atoms with E-state index in [-0.39, 0.29) is 24.4 Å². The summed E-state index contributed by atoms with van der Waals surface area (Å²) in [6.45, 7) is 1.92. The van der Waals surface area contributed by atoms with Gasteiger partial charge in [-0.2, -0.15) is 0 Å². The largest absolute Gasteiger partial charge is 0.497 e. The van der Waals surface area contributed by atoms with Crippen molar-refractivity contribution in [3.05, 3.63) is 30.0 Å². The Kier molecular flexibility index (Phi) is 5.50. The topological polar surface area (TPSA) is 66.9 Å². The summed E-state index contributed by atoms with van der Waals surface area (Å²) in [4.78, 5) is 25.7. The van der Waals surface area contributed by atoms with Gasteiger partial charge >= 0.3 is 0 Å². The number of ketones is 1. The highest BCUT2D eigenvalue weighted by atomic mass is 17.2. The van der Waals surface area contributed by atoms with Gasteiger partial charge in [-0.15, -0.1) is 0 Å². The third-order valence-electron chi connectivity index (χ3n) is 4.61. The number of ether oxygens (including phenoxy) is 2. The molecule has 25 heavy (non-hydrogen) atoms. The lowest BCUT2D eigenvalue weighted by Crippen LogP contribution is -2.14. The average Bonchev–Trinajstić information content (AvgIpc) is 3.08. The van der Waals surface area contributed by atoms with E-state index in [1.54, 1.807) is 14.0 Å². The van der Waals surface area contributed by atoms with E-state index in [4.69, 9.17) is 14.4 Å². The number of nitrogens with zero attached hydrogens (tertiary/aromatic N) is 1. The van der Waals surface area contributed by atoms with Crippen LogP contribution >= 0.6 is 0 Å². The van der Waals surface area contributed by atoms with E-state index < -0.39 is 0 Å². The Balaban J connectivity index is 1.87. The van der Waals surface area contributed by atoms with Crippen molar-refractivity contribution in [2.45, 2.75) is 38.9 Å². The fourth-order valence-electron chi connectivity index (χ4n) is 3.23. The van der Waals surface area contributed by atoms with Crippen molar-refractivity contribution < 1.29 is 24.0 Å². The Morgan fingerprint density at radius 1 is 1.24 bits per heavy atom. The lowest BCUT2D eigenvalue weighted by Gasteiger charge is -2.17. The maximum absolute atomic E-state index is 11.6. The summed E-state index contributed by atoms with van der Waals surface area (Å²) in [5.74, 6) is 1.76. The van der Waals surface area contributed by atoms with Crippen LogP contribution in [0.25, 0.3) is 10.9 Å². The van der Waals surface area contributed by atoms with Crippen LogP contribution in [0, 0.1) is 5.92 Å². The van der Waals surface area contributed by atoms with Gasteiger partial charge in [0.25, 0.3) is 0 Å². The van der Waals surface area contributed by atoms with Gasteiger partial charge < -0.3 is 9.47 Å². The number of hydrogen-bond acceptors (Lipinski definition) is 6. The SMILES string of the molecule is COOCc1ccc2c(OC3CC[C@H](C(C)=O)C3)cc(OC)cc2n1. The summed E-state index contributed by atoms with van der Waals surface area (Å²) in [5.41, 5.74) is 1.53. The molecule has 1 aromatic heterocycles. The Morgan fingerprint density at radius 3 is 2.76 bits per heavy atom. The molecule has 0 amide bonds. The maximum Gasteiger partial charge on any atom is 0.133 e. The second-order valence-corrected chi connectivity index (χ2v) is 6.28. The monoisotopic (exact) mass is 345 g/mol. The standard InChI is InChI=1S/C19H23NO5/c1-12(21)13-4-6-15(8-13)25-19-10-16(22-2)9-18-17(19)7-5-14(20-18)11-24-23-3/h5,7,9-10,13,15H,4,6,8,11H2,1-3H3/t13-,15?/m0/s1. The molecule has 1 aliphatic carbocycles. The van der Waals surface area contributed by atoms with Crippen LogP contribution in [0.15, 0.2) is 24.3 Å². The first-order valence-electron chi connectivity index (χ1n) is 8.41. The van der Waals surface area contributed by atoms with E-state index in [0.29, 0.717) is 5.75 Å². The van der Waals surface area contributed by atoms with Crippen molar-refractivity contribution in [3.8, 4) is 11.5 Å². The number of fused-ring (bicyclic) bond motifs is 1. The normalized spacial score (nSPS) is 20.0. The van der Waals surface area contributed by atoms with Crippen LogP contribution in [0.2, 0.25) is 0 Å². The first-order valence-corrected chi connectivity index (χ1v) is 8.41. The van der Waals surface area contributed by atoms with E-state index in [9.17, 15) is 4.79 Å². The van der Waals surface area contributed by atoms with Crippen molar-refractivity contribution in [2.24, 2.45) is 5.92 Å². The molecule has 1 saturated carbocycles. The lowest BCUT2D eigenvalue weighted by atomic mass is 10.0. The van der Waals surface area contributed by atoms with Crippen molar-refractivity contribution in [1.82, 2.24) is 4.98 Å². The van der Waals surface area contributed by atoms with Crippen LogP contribution < -0.4 is 9.47 Å². The molecule has 1 aromatic carbocycles. The first-order chi connectivity index (χ1) is 12.1. The van der Waals surface area contributed by atoms with Crippen LogP contribution in [-0.4, -0.2) is 31.1 Å². The van der Waals surface area contributed by atoms with E-state index in [2.05, 4.69) is 9.87 Å². The van der Waals surface area contributed by atoms with Gasteiger partial charge in [-0.05, 0) is 38.3 Å². The molecular formula is C19H23NO5. The van der Waals surface area contributed by atoms with Crippen molar-refractivity contribution in [2.75, 3.05) is 14.2 Å². The summed E-state index contributed by atoms with van der Waals surface area (Å²) >= 11 is 0. The minimum absolute atomic E-state index is 0.0423. The summed E-state index contributed by atoms with van der Waals surface area (Å²) in [6, 6.07) is 7.58. The summed E-state index contributed by atoms with van der Waals surface area (Å²) in [7, 11) is 3.08. The summed E-state index contributed by atoms with van der Waals surface area (Å²) in [5, 5.41) is 0.910. The first kappa shape index (κ1) is 17.6. The minimum Gasteiger partial charge on any atom is -0.497 e. The molecule has 1 aliphatic rings. The molecule has 0 N–H and O–H groups in total. The van der Waals surface area contributed by atoms with E-state index in [1.165, 1.54) is 7.11 Å². The number of pyridine rings is 1. The predicted octanol–water partition coefficient (Wildman–Crippen LogP) is 3.46. The van der Waals surface area contributed by atoms with Gasteiger partial charge in [-0.3, -0.25) is 4.79 Å². The van der Waals surface area contributed by atoms with Crippen LogP contribution in [0.5, 0.6) is 11.5 Å². The van der Waals surface area contributed by atoms with Crippen LogP contribution in [0.1, 0.15) is 31.9 Å². The van der Waals surface area contributed by atoms with Gasteiger partial charge in [0.1, 0.15) is 23.9 Å². The minimum atomic E-state index is 0.0423. The second-order valence-electron chi connectivity index (χ2n) is 6.28. The Hall–Kier alpha value is -2.18. The Morgan fingerprint density at radius 2 is 2.08 bits per heavy atom. The molecule has 1 heterocycles. The van der Waals surface area contributed by atoms with Gasteiger partial charge in [0.15, 0.2) is 0 Å². The molecule has 2 aromatic rings. The van der Waals surface area contributed by atoms with Crippen molar-refractivity contribution >= 4 is 16.7 Å². The molecule has 2 atom stereocenters. The molecule has 0 radical (unpaired) electrons.